The van der Waals surface area contributed by atoms with Gasteiger partial charge in [0.15, 0.2) is 0 Å². The zero-order valence-electron chi connectivity index (χ0n) is 8.88. The quantitative estimate of drug-likeness (QED) is 0.470. The molecule has 0 aliphatic carbocycles. The number of halogens is 6. The van der Waals surface area contributed by atoms with Crippen LogP contribution >= 0.6 is 62.5 Å². The smallest absolute Gasteiger partial charge is 0.302 e. The number of hydrogen-bond donors (Lipinski definition) is 0. The Hall–Kier alpha value is -0.0100. The van der Waals surface area contributed by atoms with E-state index in [-0.39, 0.29) is 16.8 Å². The predicted octanol–water partition coefficient (Wildman–Crippen LogP) is 5.82. The number of aromatic nitrogens is 2. The Balaban J connectivity index is 2.39. The summed E-state index contributed by atoms with van der Waals surface area (Å²) in [6.07, 6.45) is 2.72. The molecule has 0 radical (unpaired) electrons. The maximum Gasteiger partial charge on any atom is 0.377 e. The molecule has 0 fully saturated rings. The van der Waals surface area contributed by atoms with Crippen LogP contribution in [0, 0.1) is 0 Å². The lowest BCUT2D eigenvalue weighted by atomic mass is 10.3. The van der Waals surface area contributed by atoms with Crippen molar-refractivity contribution in [2.75, 3.05) is 0 Å². The van der Waals surface area contributed by atoms with Gasteiger partial charge in [-0.25, -0.2) is 4.98 Å². The van der Waals surface area contributed by atoms with Crippen molar-refractivity contribution in [3.8, 4) is 5.69 Å². The summed E-state index contributed by atoms with van der Waals surface area (Å²) in [5.41, 5.74) is 0.462. The summed E-state index contributed by atoms with van der Waals surface area (Å²) in [4.78, 5) is 3.82. The van der Waals surface area contributed by atoms with Gasteiger partial charge in [-0.15, -0.1) is 0 Å². The molecule has 0 unspecified atom stereocenters. The van der Waals surface area contributed by atoms with Gasteiger partial charge in [-0.05, 0) is 35.5 Å². The molecule has 0 atom stereocenters. The highest BCUT2D eigenvalue weighted by Crippen LogP contribution is 2.39. The molecule has 0 saturated carbocycles. The fourth-order valence-corrected chi connectivity index (χ4v) is 3.52. The fraction of sp³-hybridized carbons (Fsp3) is 0.100. The van der Waals surface area contributed by atoms with Crippen molar-refractivity contribution in [3.63, 3.8) is 0 Å². The van der Waals surface area contributed by atoms with Crippen molar-refractivity contribution in [2.24, 2.45) is 0 Å². The Labute approximate surface area is 135 Å². The van der Waals surface area contributed by atoms with Crippen LogP contribution < -0.4 is 0 Å². The summed E-state index contributed by atoms with van der Waals surface area (Å²) in [7, 11) is 0. The third-order valence-electron chi connectivity index (χ3n) is 2.02. The Kier molecular flexibility index (Phi) is 4.67. The second-order valence-electron chi connectivity index (χ2n) is 3.39. The van der Waals surface area contributed by atoms with Crippen molar-refractivity contribution in [3.05, 3.63) is 39.2 Å². The lowest BCUT2D eigenvalue weighted by molar-refractivity contribution is 0.203. The van der Waals surface area contributed by atoms with Crippen LogP contribution in [0.4, 0.5) is 8.78 Å². The van der Waals surface area contributed by atoms with Crippen LogP contribution in [0.1, 0.15) is 0 Å². The third-order valence-corrected chi connectivity index (χ3v) is 3.94. The summed E-state index contributed by atoms with van der Waals surface area (Å²) < 4.78 is 24.1. The van der Waals surface area contributed by atoms with Gasteiger partial charge in [0.2, 0.25) is 0 Å². The monoisotopic (exact) mass is 406 g/mol. The Morgan fingerprint density at radius 2 is 1.84 bits per heavy atom. The largest absolute Gasteiger partial charge is 0.377 e. The molecule has 9 heteroatoms. The Morgan fingerprint density at radius 3 is 2.37 bits per heavy atom. The molecule has 0 bridgehead atoms. The zero-order valence-corrected chi connectivity index (χ0v) is 13.6. The normalized spacial score (nSPS) is 11.9. The van der Waals surface area contributed by atoms with E-state index in [1.807, 2.05) is 0 Å². The van der Waals surface area contributed by atoms with Crippen LogP contribution in [-0.4, -0.2) is 14.3 Å². The van der Waals surface area contributed by atoms with Gasteiger partial charge >= 0.3 is 4.71 Å². The van der Waals surface area contributed by atoms with E-state index in [0.29, 0.717) is 20.2 Å². The van der Waals surface area contributed by atoms with Crippen LogP contribution in [0.5, 0.6) is 0 Å². The van der Waals surface area contributed by atoms with Gasteiger partial charge < -0.3 is 4.57 Å². The van der Waals surface area contributed by atoms with Gasteiger partial charge in [0.1, 0.15) is 11.4 Å². The Bertz CT molecular complexity index is 592. The van der Waals surface area contributed by atoms with Gasteiger partial charge in [0.05, 0.1) is 15.7 Å². The number of alkyl halides is 3. The molecule has 2 nitrogen and oxygen atoms in total. The van der Waals surface area contributed by atoms with Crippen molar-refractivity contribution in [2.45, 2.75) is 9.74 Å². The van der Waals surface area contributed by atoms with Crippen LogP contribution in [0.15, 0.2) is 34.2 Å². The van der Waals surface area contributed by atoms with Crippen molar-refractivity contribution in [1.82, 2.24) is 9.55 Å². The minimum Gasteiger partial charge on any atom is -0.302 e. The average molecular weight is 408 g/mol. The minimum atomic E-state index is -3.41. The number of nitrogens with zero attached hydrogens (tertiary/aromatic N) is 2. The lowest BCUT2D eigenvalue weighted by Crippen LogP contribution is -1.97. The van der Waals surface area contributed by atoms with Gasteiger partial charge in [0, 0.05) is 10.7 Å². The molecule has 102 valence electrons. The minimum absolute atomic E-state index is 0.0649. The van der Waals surface area contributed by atoms with Crippen molar-refractivity contribution in [1.29, 1.82) is 0 Å². The van der Waals surface area contributed by atoms with Gasteiger partial charge in [-0.2, -0.15) is 8.78 Å². The molecule has 19 heavy (non-hydrogen) atoms. The highest BCUT2D eigenvalue weighted by atomic mass is 79.9. The SMILES string of the molecule is FC(F)(Cl)Sc1cn(-c2c(Cl)cc(Br)cc2Cl)cn1. The lowest BCUT2D eigenvalue weighted by Gasteiger charge is -2.08. The van der Waals surface area contributed by atoms with Gasteiger partial charge in [-0.3, -0.25) is 0 Å². The first-order valence-electron chi connectivity index (χ1n) is 4.71. The zero-order chi connectivity index (χ0) is 14.2. The average Bonchev–Trinajstić information content (AvgIpc) is 2.61. The number of imidazole rings is 1. The molecule has 1 heterocycles. The topological polar surface area (TPSA) is 17.8 Å². The highest BCUT2D eigenvalue weighted by molar-refractivity contribution is 9.10. The predicted molar refractivity (Wildman–Crippen MR) is 77.9 cm³/mol. The standard InChI is InChI=1S/C10H4BrCl3F2N2S/c11-5-1-6(12)9(7(13)2-5)18-3-8(17-4-18)19-10(14,15)16/h1-4H. The summed E-state index contributed by atoms with van der Waals surface area (Å²) in [6.45, 7) is 0. The summed E-state index contributed by atoms with van der Waals surface area (Å²) in [5.74, 6) is 0. The third kappa shape index (κ3) is 3.98. The molecular formula is C10H4BrCl3F2N2S. The molecular weight excluding hydrogens is 404 g/mol. The second-order valence-corrected chi connectivity index (χ2v) is 6.95. The van der Waals surface area contributed by atoms with Crippen LogP contribution in [0.25, 0.3) is 5.69 Å². The molecule has 1 aromatic heterocycles. The van der Waals surface area contributed by atoms with E-state index in [1.54, 1.807) is 12.1 Å². The van der Waals surface area contributed by atoms with Crippen molar-refractivity contribution < 1.29 is 8.78 Å². The maximum atomic E-state index is 12.7. The summed E-state index contributed by atoms with van der Waals surface area (Å²) in [5, 5.41) is 0.798. The van der Waals surface area contributed by atoms with E-state index in [0.717, 1.165) is 0 Å². The highest BCUT2D eigenvalue weighted by Gasteiger charge is 2.28. The van der Waals surface area contributed by atoms with Crippen LogP contribution in [0.2, 0.25) is 10.0 Å². The fourth-order valence-electron chi connectivity index (χ4n) is 1.38. The first-order valence-corrected chi connectivity index (χ1v) is 7.45. The van der Waals surface area contributed by atoms with E-state index in [1.165, 1.54) is 17.1 Å². The number of hydrogen-bond acceptors (Lipinski definition) is 2. The van der Waals surface area contributed by atoms with E-state index in [4.69, 9.17) is 34.8 Å². The molecule has 0 aliphatic heterocycles. The maximum absolute atomic E-state index is 12.7. The van der Waals surface area contributed by atoms with Crippen LogP contribution in [0.3, 0.4) is 0 Å². The van der Waals surface area contributed by atoms with Gasteiger partial charge in [0.25, 0.3) is 0 Å². The van der Waals surface area contributed by atoms with Gasteiger partial charge in [-0.1, -0.05) is 39.1 Å². The van der Waals surface area contributed by atoms with E-state index < -0.39 is 4.71 Å². The molecule has 2 rings (SSSR count). The first-order chi connectivity index (χ1) is 8.76. The molecule has 0 amide bonds. The molecule has 0 N–H and O–H groups in total. The molecule has 2 aromatic rings. The van der Waals surface area contributed by atoms with E-state index >= 15 is 0 Å². The summed E-state index contributed by atoms with van der Waals surface area (Å²) >= 11 is 20.3. The van der Waals surface area contributed by atoms with E-state index in [9.17, 15) is 8.78 Å². The summed E-state index contributed by atoms with van der Waals surface area (Å²) in [6, 6.07) is 3.29. The van der Waals surface area contributed by atoms with E-state index in [2.05, 4.69) is 20.9 Å². The molecule has 0 spiro atoms. The molecule has 0 aliphatic rings. The number of benzene rings is 1. The van der Waals surface area contributed by atoms with Crippen molar-refractivity contribution >= 4 is 62.5 Å². The number of thioether (sulfide) groups is 1. The molecule has 0 saturated heterocycles. The Morgan fingerprint density at radius 1 is 1.26 bits per heavy atom. The first kappa shape index (κ1) is 15.4. The number of rotatable bonds is 3. The van der Waals surface area contributed by atoms with Crippen LogP contribution in [-0.2, 0) is 0 Å². The molecule has 1 aromatic carbocycles. The second kappa shape index (κ2) is 5.77.